The summed E-state index contributed by atoms with van der Waals surface area (Å²) in [7, 11) is 0. The summed E-state index contributed by atoms with van der Waals surface area (Å²) in [5.41, 5.74) is 3.21. The Hall–Kier alpha value is -1.74. The number of benzene rings is 3. The molecule has 4 heteroatoms. The third-order valence-electron chi connectivity index (χ3n) is 4.09. The summed E-state index contributed by atoms with van der Waals surface area (Å²) in [6, 6.07) is 25.5. The van der Waals surface area contributed by atoms with E-state index in [-0.39, 0.29) is 16.3 Å². The topological polar surface area (TPSA) is 17.1 Å². The molecule has 0 aliphatic heterocycles. The molecule has 0 aromatic heterocycles. The Kier molecular flexibility index (Phi) is 6.42. The largest absolute Gasteiger partial charge is 0.298 e. The molecule has 132 valence electrons. The molecule has 3 aromatic carbocycles. The third-order valence-corrected chi connectivity index (χ3v) is 6.29. The average molecular weight is 401 g/mol. The van der Waals surface area contributed by atoms with Gasteiger partial charge in [-0.05, 0) is 47.9 Å². The summed E-state index contributed by atoms with van der Waals surface area (Å²) in [5.74, 6) is 0.133. The van der Waals surface area contributed by atoms with Gasteiger partial charge in [-0.2, -0.15) is 0 Å². The van der Waals surface area contributed by atoms with Gasteiger partial charge in [0.2, 0.25) is 0 Å². The molecule has 0 saturated heterocycles. The number of ketones is 1. The van der Waals surface area contributed by atoms with E-state index < -0.39 is 0 Å². The van der Waals surface area contributed by atoms with Crippen LogP contribution in [0.15, 0.2) is 78.9 Å². The van der Waals surface area contributed by atoms with Gasteiger partial charge in [0.05, 0.1) is 10.5 Å². The van der Waals surface area contributed by atoms with Crippen molar-refractivity contribution in [2.75, 3.05) is 0 Å². The fourth-order valence-electron chi connectivity index (χ4n) is 2.80. The molecule has 0 N–H and O–H groups in total. The van der Waals surface area contributed by atoms with Gasteiger partial charge >= 0.3 is 0 Å². The molecular formula is C22H18Cl2OS. The van der Waals surface area contributed by atoms with E-state index in [1.54, 1.807) is 18.7 Å². The number of carbonyl (C=O) groups is 1. The second-order valence-electron chi connectivity index (χ2n) is 6.02. The van der Waals surface area contributed by atoms with Crippen LogP contribution in [0.3, 0.4) is 0 Å². The highest BCUT2D eigenvalue weighted by molar-refractivity contribution is 8.00. The fourth-order valence-corrected chi connectivity index (χ4v) is 4.46. The molecule has 1 unspecified atom stereocenters. The van der Waals surface area contributed by atoms with E-state index in [9.17, 15) is 4.79 Å². The molecule has 26 heavy (non-hydrogen) atoms. The molecule has 0 aliphatic rings. The number of Topliss-reactive ketones (excluding diaryl/α,β-unsaturated/α-hetero) is 1. The molecule has 0 saturated carbocycles. The van der Waals surface area contributed by atoms with Gasteiger partial charge in [-0.3, -0.25) is 4.79 Å². The van der Waals surface area contributed by atoms with Gasteiger partial charge in [0.25, 0.3) is 0 Å². The van der Waals surface area contributed by atoms with E-state index in [4.69, 9.17) is 23.2 Å². The molecule has 0 amide bonds. The van der Waals surface area contributed by atoms with E-state index >= 15 is 0 Å². The Morgan fingerprint density at radius 3 is 1.62 bits per heavy atom. The van der Waals surface area contributed by atoms with Gasteiger partial charge < -0.3 is 0 Å². The fraction of sp³-hybridized carbons (Fsp3) is 0.136. The van der Waals surface area contributed by atoms with Crippen molar-refractivity contribution >= 4 is 40.7 Å². The molecule has 1 atom stereocenters. The highest BCUT2D eigenvalue weighted by Crippen LogP contribution is 2.45. The van der Waals surface area contributed by atoms with Gasteiger partial charge in [0.1, 0.15) is 5.78 Å². The zero-order chi connectivity index (χ0) is 18.5. The lowest BCUT2D eigenvalue weighted by Gasteiger charge is -2.23. The van der Waals surface area contributed by atoms with Crippen LogP contribution in [0.1, 0.15) is 34.1 Å². The van der Waals surface area contributed by atoms with Gasteiger partial charge in [-0.15, -0.1) is 11.8 Å². The summed E-state index contributed by atoms with van der Waals surface area (Å²) >= 11 is 13.7. The van der Waals surface area contributed by atoms with Crippen LogP contribution in [0.2, 0.25) is 10.0 Å². The average Bonchev–Trinajstić information content (AvgIpc) is 2.65. The molecule has 1 nitrogen and oxygen atoms in total. The Morgan fingerprint density at radius 1 is 0.731 bits per heavy atom. The van der Waals surface area contributed by atoms with Crippen molar-refractivity contribution in [3.05, 3.63) is 106 Å². The molecule has 0 heterocycles. The van der Waals surface area contributed by atoms with Crippen LogP contribution < -0.4 is 0 Å². The van der Waals surface area contributed by atoms with E-state index in [1.165, 1.54) is 0 Å². The summed E-state index contributed by atoms with van der Waals surface area (Å²) in [4.78, 5) is 12.4. The maximum Gasteiger partial charge on any atom is 0.147 e. The van der Waals surface area contributed by atoms with E-state index in [1.807, 2.05) is 78.9 Å². The van der Waals surface area contributed by atoms with E-state index in [2.05, 4.69) is 0 Å². The minimum absolute atomic E-state index is 0.00126. The van der Waals surface area contributed by atoms with Crippen LogP contribution in [-0.2, 0) is 4.79 Å². The molecule has 0 bridgehead atoms. The molecule has 3 aromatic rings. The van der Waals surface area contributed by atoms with Crippen molar-refractivity contribution in [1.29, 1.82) is 0 Å². The van der Waals surface area contributed by atoms with Gasteiger partial charge in [-0.25, -0.2) is 0 Å². The van der Waals surface area contributed by atoms with Crippen LogP contribution in [0.5, 0.6) is 0 Å². The summed E-state index contributed by atoms with van der Waals surface area (Å²) in [5, 5.41) is 1.14. The van der Waals surface area contributed by atoms with E-state index in [0.29, 0.717) is 10.0 Å². The Morgan fingerprint density at radius 2 is 1.19 bits per heavy atom. The zero-order valence-corrected chi connectivity index (χ0v) is 16.6. The third kappa shape index (κ3) is 4.70. The lowest BCUT2D eigenvalue weighted by Crippen LogP contribution is -2.09. The van der Waals surface area contributed by atoms with Crippen molar-refractivity contribution in [2.24, 2.45) is 0 Å². The first-order valence-electron chi connectivity index (χ1n) is 8.26. The number of rotatable bonds is 6. The van der Waals surface area contributed by atoms with Crippen LogP contribution >= 0.6 is 35.0 Å². The highest BCUT2D eigenvalue weighted by Gasteiger charge is 2.25. The standard InChI is InChI=1S/C22H18Cl2OS/c1-15(25)21(16-5-3-2-4-6-16)26-22(17-7-11-19(23)12-8-17)18-9-13-20(24)14-10-18/h2-14,21-22H,1H3. The number of hydrogen-bond donors (Lipinski definition) is 0. The normalized spacial score (nSPS) is 12.2. The van der Waals surface area contributed by atoms with Crippen molar-refractivity contribution in [1.82, 2.24) is 0 Å². The van der Waals surface area contributed by atoms with Crippen molar-refractivity contribution < 1.29 is 4.79 Å². The van der Waals surface area contributed by atoms with Crippen molar-refractivity contribution in [3.63, 3.8) is 0 Å². The predicted molar refractivity (Wildman–Crippen MR) is 112 cm³/mol. The Labute approximate surface area is 168 Å². The van der Waals surface area contributed by atoms with E-state index in [0.717, 1.165) is 16.7 Å². The quantitative estimate of drug-likeness (QED) is 0.436. The molecule has 0 aliphatic carbocycles. The van der Waals surface area contributed by atoms with Crippen molar-refractivity contribution in [2.45, 2.75) is 17.4 Å². The Balaban J connectivity index is 2.00. The summed E-state index contributed by atoms with van der Waals surface area (Å²) < 4.78 is 0. The maximum atomic E-state index is 12.4. The summed E-state index contributed by atoms with van der Waals surface area (Å²) in [6.07, 6.45) is 0. The van der Waals surface area contributed by atoms with Crippen LogP contribution in [0.4, 0.5) is 0 Å². The summed E-state index contributed by atoms with van der Waals surface area (Å²) in [6.45, 7) is 1.64. The first-order valence-corrected chi connectivity index (χ1v) is 9.96. The molecular weight excluding hydrogens is 383 g/mol. The maximum absolute atomic E-state index is 12.4. The minimum Gasteiger partial charge on any atom is -0.298 e. The van der Waals surface area contributed by atoms with Crippen LogP contribution in [0, 0.1) is 0 Å². The number of carbonyl (C=O) groups excluding carboxylic acids is 1. The second-order valence-corrected chi connectivity index (χ2v) is 8.11. The zero-order valence-electron chi connectivity index (χ0n) is 14.2. The molecule has 0 fully saturated rings. The number of halogens is 2. The lowest BCUT2D eigenvalue weighted by molar-refractivity contribution is -0.116. The first-order chi connectivity index (χ1) is 12.5. The first kappa shape index (κ1) is 19.0. The van der Waals surface area contributed by atoms with Crippen LogP contribution in [0.25, 0.3) is 0 Å². The minimum atomic E-state index is -0.243. The van der Waals surface area contributed by atoms with Gasteiger partial charge in [0, 0.05) is 10.0 Å². The van der Waals surface area contributed by atoms with Gasteiger partial charge in [0.15, 0.2) is 0 Å². The monoisotopic (exact) mass is 400 g/mol. The van der Waals surface area contributed by atoms with Crippen LogP contribution in [-0.4, -0.2) is 5.78 Å². The van der Waals surface area contributed by atoms with Gasteiger partial charge in [-0.1, -0.05) is 77.8 Å². The number of thioether (sulfide) groups is 1. The smallest absolute Gasteiger partial charge is 0.147 e. The Bertz CT molecular complexity index is 815. The number of hydrogen-bond acceptors (Lipinski definition) is 2. The molecule has 0 radical (unpaired) electrons. The SMILES string of the molecule is CC(=O)C(SC(c1ccc(Cl)cc1)c1ccc(Cl)cc1)c1ccccc1. The highest BCUT2D eigenvalue weighted by atomic mass is 35.5. The lowest BCUT2D eigenvalue weighted by atomic mass is 10.0. The second kappa shape index (κ2) is 8.77. The molecule has 3 rings (SSSR count). The molecule has 0 spiro atoms. The van der Waals surface area contributed by atoms with Crippen molar-refractivity contribution in [3.8, 4) is 0 Å². The predicted octanol–water partition coefficient (Wildman–Crippen LogP) is 7.15.